The number of aryl methyl sites for hydroxylation is 1. The average molecular weight is 325 g/mol. The van der Waals surface area contributed by atoms with Gasteiger partial charge in [-0.05, 0) is 25.5 Å². The summed E-state index contributed by atoms with van der Waals surface area (Å²) in [6, 6.07) is 7.99. The van der Waals surface area contributed by atoms with Gasteiger partial charge in [-0.15, -0.1) is 11.3 Å². The molecule has 1 aliphatic rings. The Hall–Kier alpha value is -2.32. The molecule has 1 amide bonds. The van der Waals surface area contributed by atoms with Gasteiger partial charge >= 0.3 is 0 Å². The van der Waals surface area contributed by atoms with Crippen molar-refractivity contribution < 1.29 is 4.79 Å². The lowest BCUT2D eigenvalue weighted by molar-refractivity contribution is -0.127. The molecule has 1 fully saturated rings. The van der Waals surface area contributed by atoms with Gasteiger partial charge in [0.1, 0.15) is 0 Å². The Morgan fingerprint density at radius 3 is 2.87 bits per heavy atom. The van der Waals surface area contributed by atoms with Crippen LogP contribution in [-0.2, 0) is 4.79 Å². The summed E-state index contributed by atoms with van der Waals surface area (Å²) >= 11 is 1.63. The summed E-state index contributed by atoms with van der Waals surface area (Å²) in [5, 5.41) is 3.00. The van der Waals surface area contributed by atoms with E-state index in [0.717, 1.165) is 29.3 Å². The van der Waals surface area contributed by atoms with Gasteiger partial charge in [-0.1, -0.05) is 24.1 Å². The van der Waals surface area contributed by atoms with Gasteiger partial charge in [-0.3, -0.25) is 4.79 Å². The highest BCUT2D eigenvalue weighted by Crippen LogP contribution is 2.21. The molecule has 0 saturated carbocycles. The number of hydrogen-bond donors (Lipinski definition) is 0. The molecule has 1 unspecified atom stereocenters. The molecule has 0 N–H and O–H groups in total. The minimum Gasteiger partial charge on any atom is -0.344 e. The zero-order valence-corrected chi connectivity index (χ0v) is 14.1. The van der Waals surface area contributed by atoms with Crippen LogP contribution < -0.4 is 4.90 Å². The third-order valence-corrected chi connectivity index (χ3v) is 4.86. The molecule has 2 aromatic rings. The first kappa shape index (κ1) is 15.6. The average Bonchev–Trinajstić information content (AvgIpc) is 3.08. The van der Waals surface area contributed by atoms with Crippen molar-refractivity contribution in [3.05, 3.63) is 47.0 Å². The van der Waals surface area contributed by atoms with Crippen molar-refractivity contribution in [2.24, 2.45) is 0 Å². The van der Waals surface area contributed by atoms with E-state index in [9.17, 15) is 4.79 Å². The van der Waals surface area contributed by atoms with Crippen molar-refractivity contribution in [1.29, 1.82) is 0 Å². The quantitative estimate of drug-likeness (QED) is 0.756. The second kappa shape index (κ2) is 6.84. The first-order valence-electron chi connectivity index (χ1n) is 7.68. The number of rotatable bonds is 1. The Kier molecular flexibility index (Phi) is 4.63. The first-order chi connectivity index (χ1) is 11.1. The number of amides is 1. The van der Waals surface area contributed by atoms with E-state index in [-0.39, 0.29) is 11.9 Å². The summed E-state index contributed by atoms with van der Waals surface area (Å²) in [6.07, 6.45) is 1.82. The van der Waals surface area contributed by atoms with Crippen molar-refractivity contribution in [3.63, 3.8) is 0 Å². The number of carbonyl (C=O) groups excluding carboxylic acids is 1. The number of piperazine rings is 1. The summed E-state index contributed by atoms with van der Waals surface area (Å²) in [5.41, 5.74) is 2.00. The van der Waals surface area contributed by atoms with Crippen LogP contribution in [0, 0.1) is 18.8 Å². The number of carbonyl (C=O) groups is 1. The van der Waals surface area contributed by atoms with Crippen LogP contribution in [0.2, 0.25) is 0 Å². The highest BCUT2D eigenvalue weighted by molar-refractivity contribution is 7.13. The number of anilines is 1. The predicted molar refractivity (Wildman–Crippen MR) is 93.6 cm³/mol. The molecule has 2 heterocycles. The van der Waals surface area contributed by atoms with Gasteiger partial charge in [0, 0.05) is 48.7 Å². The number of hydrogen-bond acceptors (Lipinski definition) is 4. The van der Waals surface area contributed by atoms with Crippen LogP contribution in [0.5, 0.6) is 0 Å². The molecular formula is C18H19N3OS. The van der Waals surface area contributed by atoms with Crippen LogP contribution in [0.25, 0.3) is 0 Å². The molecule has 0 radical (unpaired) electrons. The van der Waals surface area contributed by atoms with E-state index < -0.39 is 0 Å². The Morgan fingerprint density at radius 1 is 1.35 bits per heavy atom. The summed E-state index contributed by atoms with van der Waals surface area (Å²) in [7, 11) is 0. The summed E-state index contributed by atoms with van der Waals surface area (Å²) in [6.45, 7) is 6.35. The summed E-state index contributed by atoms with van der Waals surface area (Å²) in [4.78, 5) is 20.8. The highest BCUT2D eigenvalue weighted by Gasteiger charge is 2.27. The molecule has 1 aromatic heterocycles. The van der Waals surface area contributed by atoms with E-state index in [1.54, 1.807) is 11.3 Å². The molecule has 3 rings (SSSR count). The number of thiazole rings is 1. The molecule has 0 bridgehead atoms. The Morgan fingerprint density at radius 2 is 2.17 bits per heavy atom. The van der Waals surface area contributed by atoms with Gasteiger partial charge in [-0.25, -0.2) is 4.98 Å². The van der Waals surface area contributed by atoms with Crippen LogP contribution in [-0.4, -0.2) is 41.5 Å². The highest BCUT2D eigenvalue weighted by atomic mass is 32.1. The Bertz CT molecular complexity index is 745. The molecular weight excluding hydrogens is 306 g/mol. The molecule has 1 atom stereocenters. The van der Waals surface area contributed by atoms with Crippen LogP contribution >= 0.6 is 11.3 Å². The van der Waals surface area contributed by atoms with Crippen LogP contribution in [0.15, 0.2) is 35.8 Å². The van der Waals surface area contributed by atoms with E-state index in [2.05, 4.69) is 28.6 Å². The molecule has 1 aliphatic heterocycles. The molecule has 4 nitrogen and oxygen atoms in total. The maximum atomic E-state index is 12.4. The van der Waals surface area contributed by atoms with Gasteiger partial charge < -0.3 is 9.80 Å². The lowest BCUT2D eigenvalue weighted by Gasteiger charge is -2.38. The second-order valence-corrected chi connectivity index (χ2v) is 6.55. The van der Waals surface area contributed by atoms with Gasteiger partial charge in [0.05, 0.1) is 0 Å². The summed E-state index contributed by atoms with van der Waals surface area (Å²) in [5.74, 6) is 5.70. The van der Waals surface area contributed by atoms with E-state index in [1.807, 2.05) is 47.7 Å². The molecule has 0 spiro atoms. The fourth-order valence-corrected chi connectivity index (χ4v) is 3.39. The predicted octanol–water partition coefficient (Wildman–Crippen LogP) is 2.54. The smallest absolute Gasteiger partial charge is 0.299 e. The van der Waals surface area contributed by atoms with Gasteiger partial charge in [0.15, 0.2) is 5.13 Å². The van der Waals surface area contributed by atoms with Crippen molar-refractivity contribution in [2.75, 3.05) is 24.5 Å². The topological polar surface area (TPSA) is 36.4 Å². The van der Waals surface area contributed by atoms with Gasteiger partial charge in [-0.2, -0.15) is 0 Å². The van der Waals surface area contributed by atoms with Crippen molar-refractivity contribution in [3.8, 4) is 11.8 Å². The fourth-order valence-electron chi connectivity index (χ4n) is 2.71. The van der Waals surface area contributed by atoms with Gasteiger partial charge in [0.2, 0.25) is 0 Å². The molecule has 1 saturated heterocycles. The SMILES string of the molecule is Cc1ccccc1C#CC(=O)N1CCN(c2nccs2)CC1C. The zero-order valence-electron chi connectivity index (χ0n) is 13.3. The summed E-state index contributed by atoms with van der Waals surface area (Å²) < 4.78 is 0. The Labute approximate surface area is 140 Å². The van der Waals surface area contributed by atoms with Crippen LogP contribution in [0.3, 0.4) is 0 Å². The minimum absolute atomic E-state index is 0.0976. The molecule has 0 aliphatic carbocycles. The maximum Gasteiger partial charge on any atom is 0.299 e. The van der Waals surface area contributed by atoms with Crippen molar-refractivity contribution in [1.82, 2.24) is 9.88 Å². The lowest BCUT2D eigenvalue weighted by Crippen LogP contribution is -2.53. The van der Waals surface area contributed by atoms with Gasteiger partial charge in [0.25, 0.3) is 5.91 Å². The van der Waals surface area contributed by atoms with E-state index in [0.29, 0.717) is 6.54 Å². The van der Waals surface area contributed by atoms with Crippen molar-refractivity contribution >= 4 is 22.4 Å². The van der Waals surface area contributed by atoms with E-state index in [1.165, 1.54) is 0 Å². The zero-order chi connectivity index (χ0) is 16.2. The monoisotopic (exact) mass is 325 g/mol. The normalized spacial score (nSPS) is 17.6. The molecule has 5 heteroatoms. The lowest BCUT2D eigenvalue weighted by atomic mass is 10.1. The van der Waals surface area contributed by atoms with Crippen molar-refractivity contribution in [2.45, 2.75) is 19.9 Å². The molecule has 118 valence electrons. The largest absolute Gasteiger partial charge is 0.344 e. The molecule has 23 heavy (non-hydrogen) atoms. The third kappa shape index (κ3) is 3.54. The van der Waals surface area contributed by atoms with Crippen LogP contribution in [0.4, 0.5) is 5.13 Å². The molecule has 1 aromatic carbocycles. The van der Waals surface area contributed by atoms with Crippen LogP contribution in [0.1, 0.15) is 18.1 Å². The standard InChI is InChI=1S/C18H19N3OS/c1-14-5-3-4-6-16(14)7-8-17(22)21-11-10-20(13-15(21)2)18-19-9-12-23-18/h3-6,9,12,15H,10-11,13H2,1-2H3. The van der Waals surface area contributed by atoms with E-state index in [4.69, 9.17) is 0 Å². The number of benzene rings is 1. The van der Waals surface area contributed by atoms with E-state index >= 15 is 0 Å². The fraction of sp³-hybridized carbons (Fsp3) is 0.333. The Balaban J connectivity index is 1.67. The number of nitrogens with zero attached hydrogens (tertiary/aromatic N) is 3. The number of aromatic nitrogens is 1. The maximum absolute atomic E-state index is 12.4. The first-order valence-corrected chi connectivity index (χ1v) is 8.56. The minimum atomic E-state index is -0.0976. The second-order valence-electron chi connectivity index (χ2n) is 5.67. The third-order valence-electron chi connectivity index (χ3n) is 4.03.